The zero-order chi connectivity index (χ0) is 17.6. The highest BCUT2D eigenvalue weighted by Gasteiger charge is 2.22. The van der Waals surface area contributed by atoms with Crippen molar-refractivity contribution >= 4 is 5.91 Å². The SMILES string of the molecule is Cc1cc(C2CCOCC2)oc(=O)c1C(=O)NCCCn1ccnn1. The van der Waals surface area contributed by atoms with E-state index in [0.717, 1.165) is 12.8 Å². The molecule has 8 heteroatoms. The van der Waals surface area contributed by atoms with Gasteiger partial charge in [-0.05, 0) is 37.8 Å². The van der Waals surface area contributed by atoms with Crippen LogP contribution in [0.4, 0.5) is 0 Å². The number of rotatable bonds is 6. The maximum Gasteiger partial charge on any atom is 0.349 e. The summed E-state index contributed by atoms with van der Waals surface area (Å²) in [7, 11) is 0. The maximum atomic E-state index is 12.3. The molecule has 0 aliphatic carbocycles. The highest BCUT2D eigenvalue weighted by Crippen LogP contribution is 2.26. The Bertz CT molecular complexity index is 763. The van der Waals surface area contributed by atoms with Gasteiger partial charge in [0.25, 0.3) is 5.91 Å². The van der Waals surface area contributed by atoms with Crippen molar-refractivity contribution in [3.8, 4) is 0 Å². The molecule has 1 aliphatic rings. The van der Waals surface area contributed by atoms with Crippen molar-refractivity contribution < 1.29 is 13.9 Å². The van der Waals surface area contributed by atoms with Gasteiger partial charge in [-0.1, -0.05) is 5.21 Å². The minimum atomic E-state index is -0.574. The normalized spacial score (nSPS) is 15.2. The number of aromatic nitrogens is 3. The molecule has 3 rings (SSSR count). The number of carbonyl (C=O) groups is 1. The van der Waals surface area contributed by atoms with E-state index in [1.807, 2.05) is 6.07 Å². The molecule has 1 aliphatic heterocycles. The van der Waals surface area contributed by atoms with Crippen LogP contribution in [0.15, 0.2) is 27.7 Å². The van der Waals surface area contributed by atoms with Crippen LogP contribution in [0.3, 0.4) is 0 Å². The lowest BCUT2D eigenvalue weighted by Gasteiger charge is -2.21. The first-order valence-corrected chi connectivity index (χ1v) is 8.50. The summed E-state index contributed by atoms with van der Waals surface area (Å²) in [5.41, 5.74) is 0.151. The van der Waals surface area contributed by atoms with Crippen LogP contribution < -0.4 is 10.9 Å². The Morgan fingerprint density at radius 3 is 2.88 bits per heavy atom. The minimum absolute atomic E-state index is 0.0802. The van der Waals surface area contributed by atoms with Crippen molar-refractivity contribution in [1.29, 1.82) is 0 Å². The van der Waals surface area contributed by atoms with Crippen LogP contribution in [0.1, 0.15) is 46.9 Å². The molecule has 0 saturated carbocycles. The minimum Gasteiger partial charge on any atom is -0.427 e. The molecule has 1 saturated heterocycles. The van der Waals surface area contributed by atoms with E-state index in [0.29, 0.717) is 44.0 Å². The van der Waals surface area contributed by atoms with Crippen LogP contribution in [0.2, 0.25) is 0 Å². The molecule has 8 nitrogen and oxygen atoms in total. The molecular formula is C17H22N4O4. The molecule has 0 radical (unpaired) electrons. The van der Waals surface area contributed by atoms with E-state index >= 15 is 0 Å². The molecule has 0 aromatic carbocycles. The van der Waals surface area contributed by atoms with Gasteiger partial charge in [0.15, 0.2) is 0 Å². The van der Waals surface area contributed by atoms with E-state index in [4.69, 9.17) is 9.15 Å². The number of nitrogens with zero attached hydrogens (tertiary/aromatic N) is 3. The van der Waals surface area contributed by atoms with E-state index in [-0.39, 0.29) is 11.5 Å². The number of amides is 1. The van der Waals surface area contributed by atoms with E-state index in [1.165, 1.54) is 0 Å². The summed E-state index contributed by atoms with van der Waals surface area (Å²) in [6.07, 6.45) is 5.72. The lowest BCUT2D eigenvalue weighted by atomic mass is 9.95. The van der Waals surface area contributed by atoms with Crippen molar-refractivity contribution in [2.45, 2.75) is 38.6 Å². The van der Waals surface area contributed by atoms with Gasteiger partial charge in [0.05, 0.1) is 6.20 Å². The summed E-state index contributed by atoms with van der Waals surface area (Å²) in [5, 5.41) is 10.3. The number of hydrogen-bond acceptors (Lipinski definition) is 6. The second-order valence-electron chi connectivity index (χ2n) is 6.16. The van der Waals surface area contributed by atoms with Crippen LogP contribution in [-0.4, -0.2) is 40.7 Å². The van der Waals surface area contributed by atoms with Gasteiger partial charge >= 0.3 is 5.63 Å². The molecule has 1 amide bonds. The monoisotopic (exact) mass is 346 g/mol. The average Bonchev–Trinajstić information content (AvgIpc) is 3.12. The van der Waals surface area contributed by atoms with E-state index in [1.54, 1.807) is 24.0 Å². The second kappa shape index (κ2) is 8.06. The third-order valence-corrected chi connectivity index (χ3v) is 4.34. The first-order valence-electron chi connectivity index (χ1n) is 8.50. The van der Waals surface area contributed by atoms with Crippen LogP contribution in [0.5, 0.6) is 0 Å². The molecule has 25 heavy (non-hydrogen) atoms. The Kier molecular flexibility index (Phi) is 5.60. The number of aryl methyl sites for hydroxylation is 2. The van der Waals surface area contributed by atoms with E-state index < -0.39 is 11.5 Å². The zero-order valence-corrected chi connectivity index (χ0v) is 14.2. The zero-order valence-electron chi connectivity index (χ0n) is 14.2. The molecule has 134 valence electrons. The van der Waals surface area contributed by atoms with Crippen molar-refractivity contribution in [2.24, 2.45) is 0 Å². The smallest absolute Gasteiger partial charge is 0.349 e. The van der Waals surface area contributed by atoms with Gasteiger partial charge in [-0.15, -0.1) is 5.10 Å². The molecule has 0 atom stereocenters. The predicted molar refractivity (Wildman–Crippen MR) is 89.5 cm³/mol. The third-order valence-electron chi connectivity index (χ3n) is 4.34. The summed E-state index contributed by atoms with van der Waals surface area (Å²) < 4.78 is 12.4. The lowest BCUT2D eigenvalue weighted by Crippen LogP contribution is -2.31. The third kappa shape index (κ3) is 4.33. The molecule has 0 bridgehead atoms. The van der Waals surface area contributed by atoms with Crippen LogP contribution in [0, 0.1) is 6.92 Å². The fourth-order valence-electron chi connectivity index (χ4n) is 2.97. The molecule has 2 aromatic heterocycles. The summed E-state index contributed by atoms with van der Waals surface area (Å²) in [4.78, 5) is 24.6. The van der Waals surface area contributed by atoms with Crippen molar-refractivity contribution in [2.75, 3.05) is 19.8 Å². The second-order valence-corrected chi connectivity index (χ2v) is 6.16. The van der Waals surface area contributed by atoms with Gasteiger partial charge in [-0.3, -0.25) is 9.48 Å². The Morgan fingerprint density at radius 2 is 2.20 bits per heavy atom. The fraction of sp³-hybridized carbons (Fsp3) is 0.529. The van der Waals surface area contributed by atoms with Crippen molar-refractivity contribution in [1.82, 2.24) is 20.3 Å². The Balaban J connectivity index is 1.60. The first-order chi connectivity index (χ1) is 12.1. The Morgan fingerprint density at radius 1 is 1.40 bits per heavy atom. The van der Waals surface area contributed by atoms with Gasteiger partial charge in [-0.25, -0.2) is 4.79 Å². The molecule has 1 N–H and O–H groups in total. The molecule has 0 unspecified atom stereocenters. The topological polar surface area (TPSA) is 99.2 Å². The van der Waals surface area contributed by atoms with E-state index in [2.05, 4.69) is 15.6 Å². The van der Waals surface area contributed by atoms with Crippen molar-refractivity contribution in [3.05, 3.63) is 45.8 Å². The summed E-state index contributed by atoms with van der Waals surface area (Å²) in [6, 6.07) is 1.81. The molecule has 3 heterocycles. The number of nitrogens with one attached hydrogen (secondary N) is 1. The summed E-state index contributed by atoms with van der Waals surface area (Å²) in [5.74, 6) is 0.428. The van der Waals surface area contributed by atoms with E-state index in [9.17, 15) is 9.59 Å². The Hall–Kier alpha value is -2.48. The molecule has 0 spiro atoms. The maximum absolute atomic E-state index is 12.3. The first kappa shape index (κ1) is 17.3. The summed E-state index contributed by atoms with van der Waals surface area (Å²) in [6.45, 7) is 4.20. The number of ether oxygens (including phenoxy) is 1. The van der Waals surface area contributed by atoms with Gasteiger partial charge in [-0.2, -0.15) is 0 Å². The van der Waals surface area contributed by atoms with Gasteiger partial charge in [0, 0.05) is 38.4 Å². The highest BCUT2D eigenvalue weighted by molar-refractivity contribution is 5.95. The lowest BCUT2D eigenvalue weighted by molar-refractivity contribution is 0.0795. The summed E-state index contributed by atoms with van der Waals surface area (Å²) >= 11 is 0. The Labute approximate surface area is 145 Å². The molecule has 2 aromatic rings. The van der Waals surface area contributed by atoms with Crippen LogP contribution in [-0.2, 0) is 11.3 Å². The van der Waals surface area contributed by atoms with Crippen LogP contribution >= 0.6 is 0 Å². The van der Waals surface area contributed by atoms with Crippen LogP contribution in [0.25, 0.3) is 0 Å². The largest absolute Gasteiger partial charge is 0.427 e. The number of carbonyl (C=O) groups excluding carboxylic acids is 1. The van der Waals surface area contributed by atoms with Crippen molar-refractivity contribution in [3.63, 3.8) is 0 Å². The quantitative estimate of drug-likeness (QED) is 0.791. The predicted octanol–water partition coefficient (Wildman–Crippen LogP) is 1.25. The standard InChI is InChI=1S/C17H22N4O4/c1-12-11-14(13-3-9-24-10-4-13)25-17(23)15(12)16(22)18-5-2-7-21-8-6-19-20-21/h6,8,11,13H,2-5,7,9-10H2,1H3,(H,18,22). The average molecular weight is 346 g/mol. The molecule has 1 fully saturated rings. The van der Waals surface area contributed by atoms with Gasteiger partial charge < -0.3 is 14.5 Å². The molecular weight excluding hydrogens is 324 g/mol. The van der Waals surface area contributed by atoms with Gasteiger partial charge in [0.1, 0.15) is 11.3 Å². The van der Waals surface area contributed by atoms with Gasteiger partial charge in [0.2, 0.25) is 0 Å². The fourth-order valence-corrected chi connectivity index (χ4v) is 2.97. The number of hydrogen-bond donors (Lipinski definition) is 1. The highest BCUT2D eigenvalue weighted by atomic mass is 16.5.